The molecule has 0 fully saturated rings. The molecule has 0 unspecified atom stereocenters. The van der Waals surface area contributed by atoms with Crippen LogP contribution >= 0.6 is 0 Å². The van der Waals surface area contributed by atoms with Gasteiger partial charge in [0.2, 0.25) is 17.7 Å². The van der Waals surface area contributed by atoms with E-state index >= 15 is 0 Å². The van der Waals surface area contributed by atoms with Gasteiger partial charge in [-0.05, 0) is 65.6 Å². The summed E-state index contributed by atoms with van der Waals surface area (Å²) in [4.78, 5) is 74.6. The third-order valence-electron chi connectivity index (χ3n) is 9.98. The number of carbonyl (C=O) groups is 5. The molecule has 19 heteroatoms. The number of hydrogen-bond donors (Lipinski definition) is 7. The molecule has 2 aromatic heterocycles. The highest BCUT2D eigenvalue weighted by atomic mass is 16.5. The van der Waals surface area contributed by atoms with Gasteiger partial charge in [0, 0.05) is 42.0 Å². The van der Waals surface area contributed by atoms with Crippen molar-refractivity contribution in [3.8, 4) is 0 Å². The number of primary amides is 1. The Morgan fingerprint density at radius 3 is 2.29 bits per heavy atom. The topological polar surface area (TPSA) is 286 Å². The first-order chi connectivity index (χ1) is 29.9. The summed E-state index contributed by atoms with van der Waals surface area (Å²) >= 11 is 0. The molecule has 0 saturated carbocycles. The van der Waals surface area contributed by atoms with Crippen LogP contribution in [0.15, 0.2) is 77.9 Å². The van der Waals surface area contributed by atoms with Gasteiger partial charge in [0.05, 0.1) is 11.0 Å². The molecule has 0 aliphatic heterocycles. The first-order valence-corrected chi connectivity index (χ1v) is 20.4. The SMILES string of the molecule is CCCCc1nc2c(N)nc3ccccc3c2n1Cc1ccc(CNC(=O)OCc2ccc(NC(=O)[C@H](CCCNC(N)=O)NC(=O)[C@@H](NC(=O)CN=[N+]=[N-])C(C)C)cc2)cc1. The molecule has 326 valence electrons. The number of rotatable bonds is 21. The highest BCUT2D eigenvalue weighted by Gasteiger charge is 2.29. The minimum absolute atomic E-state index is 0.0273. The van der Waals surface area contributed by atoms with Gasteiger partial charge in [-0.15, -0.1) is 0 Å². The van der Waals surface area contributed by atoms with Crippen molar-refractivity contribution in [2.24, 2.45) is 16.8 Å². The van der Waals surface area contributed by atoms with E-state index in [1.807, 2.05) is 48.5 Å². The van der Waals surface area contributed by atoms with Gasteiger partial charge in [-0.1, -0.05) is 86.9 Å². The molecule has 0 aliphatic carbocycles. The van der Waals surface area contributed by atoms with Gasteiger partial charge in [-0.3, -0.25) is 14.4 Å². The molecule has 0 aliphatic rings. The van der Waals surface area contributed by atoms with Gasteiger partial charge in [0.15, 0.2) is 5.82 Å². The van der Waals surface area contributed by atoms with E-state index < -0.39 is 48.5 Å². The Kier molecular flexibility index (Phi) is 16.4. The number of para-hydroxylation sites is 1. The number of benzene rings is 3. The first kappa shape index (κ1) is 45.7. The van der Waals surface area contributed by atoms with Gasteiger partial charge >= 0.3 is 12.1 Å². The summed E-state index contributed by atoms with van der Waals surface area (Å²) < 4.78 is 7.67. The number of nitrogens with one attached hydrogen (secondary N) is 5. The minimum atomic E-state index is -1.05. The first-order valence-electron chi connectivity index (χ1n) is 20.4. The number of carbonyl (C=O) groups excluding carboxylic acids is 5. The fraction of sp³-hybridized carbons (Fsp3) is 0.372. The van der Waals surface area contributed by atoms with Crippen LogP contribution in [0.25, 0.3) is 32.4 Å². The summed E-state index contributed by atoms with van der Waals surface area (Å²) in [6, 6.07) is 19.8. The number of aromatic nitrogens is 3. The smallest absolute Gasteiger partial charge is 0.407 e. The Morgan fingerprint density at radius 1 is 0.887 bits per heavy atom. The number of hydrogen-bond acceptors (Lipinski definition) is 10. The molecule has 5 aromatic rings. The van der Waals surface area contributed by atoms with E-state index in [0.29, 0.717) is 35.6 Å². The van der Waals surface area contributed by atoms with Crippen molar-refractivity contribution in [1.82, 2.24) is 35.8 Å². The maximum atomic E-state index is 13.4. The van der Waals surface area contributed by atoms with Crippen molar-refractivity contribution < 1.29 is 28.7 Å². The van der Waals surface area contributed by atoms with Crippen LogP contribution < -0.4 is 38.1 Å². The zero-order chi connectivity index (χ0) is 44.6. The van der Waals surface area contributed by atoms with Crippen molar-refractivity contribution in [2.45, 2.75) is 84.7 Å². The molecule has 0 radical (unpaired) electrons. The van der Waals surface area contributed by atoms with E-state index in [-0.39, 0.29) is 32.0 Å². The van der Waals surface area contributed by atoms with E-state index in [4.69, 9.17) is 26.7 Å². The molecule has 19 nitrogen and oxygen atoms in total. The van der Waals surface area contributed by atoms with Gasteiger partial charge in [0.25, 0.3) is 0 Å². The number of anilines is 2. The van der Waals surface area contributed by atoms with Gasteiger partial charge < -0.3 is 47.4 Å². The van der Waals surface area contributed by atoms with E-state index in [2.05, 4.69) is 53.1 Å². The number of azide groups is 1. The van der Waals surface area contributed by atoms with Crippen LogP contribution in [0, 0.1) is 5.92 Å². The van der Waals surface area contributed by atoms with Crippen molar-refractivity contribution in [2.75, 3.05) is 24.1 Å². The van der Waals surface area contributed by atoms with Crippen molar-refractivity contribution in [1.29, 1.82) is 0 Å². The number of urea groups is 1. The number of nitrogen functional groups attached to an aromatic ring is 1. The lowest BCUT2D eigenvalue weighted by molar-refractivity contribution is -0.131. The molecule has 3 aromatic carbocycles. The van der Waals surface area contributed by atoms with Crippen LogP contribution in [0.4, 0.5) is 21.1 Å². The zero-order valence-electron chi connectivity index (χ0n) is 35.0. The second kappa shape index (κ2) is 22.3. The molecule has 2 atom stereocenters. The molecule has 6 amide bonds. The third-order valence-corrected chi connectivity index (χ3v) is 9.98. The van der Waals surface area contributed by atoms with Crippen LogP contribution in [0.5, 0.6) is 0 Å². The molecule has 62 heavy (non-hydrogen) atoms. The molecule has 0 saturated heterocycles. The molecule has 0 spiro atoms. The van der Waals surface area contributed by atoms with E-state index in [1.54, 1.807) is 38.1 Å². The zero-order valence-corrected chi connectivity index (χ0v) is 35.0. The molecule has 5 rings (SSSR count). The summed E-state index contributed by atoms with van der Waals surface area (Å²) in [6.45, 7) is 6.07. The highest BCUT2D eigenvalue weighted by molar-refractivity contribution is 6.06. The number of amides is 6. The lowest BCUT2D eigenvalue weighted by Gasteiger charge is -2.25. The maximum Gasteiger partial charge on any atom is 0.407 e. The number of alkyl carbamates (subject to hydrolysis) is 1. The monoisotopic (exact) mass is 847 g/mol. The van der Waals surface area contributed by atoms with E-state index in [1.165, 1.54) is 0 Å². The van der Waals surface area contributed by atoms with Crippen molar-refractivity contribution in [3.05, 3.63) is 106 Å². The predicted octanol–water partition coefficient (Wildman–Crippen LogP) is 5.31. The lowest BCUT2D eigenvalue weighted by Crippen LogP contribution is -2.55. The Bertz CT molecular complexity index is 2410. The molecule has 2 heterocycles. The van der Waals surface area contributed by atoms with Crippen molar-refractivity contribution >= 4 is 63.3 Å². The van der Waals surface area contributed by atoms with Crippen LogP contribution in [-0.4, -0.2) is 69.6 Å². The van der Waals surface area contributed by atoms with Crippen LogP contribution in [-0.2, 0) is 45.2 Å². The summed E-state index contributed by atoms with van der Waals surface area (Å²) in [5.74, 6) is -0.796. The normalized spacial score (nSPS) is 11.9. The number of unbranched alkanes of at least 4 members (excludes halogenated alkanes) is 1. The summed E-state index contributed by atoms with van der Waals surface area (Å²) in [5.41, 5.74) is 25.6. The second-order valence-electron chi connectivity index (χ2n) is 15.0. The van der Waals surface area contributed by atoms with Gasteiger partial charge in [0.1, 0.15) is 36.6 Å². The minimum Gasteiger partial charge on any atom is -0.445 e. The lowest BCUT2D eigenvalue weighted by atomic mass is 10.0. The quantitative estimate of drug-likeness (QED) is 0.0218. The molecular weight excluding hydrogens is 795 g/mol. The predicted molar refractivity (Wildman–Crippen MR) is 235 cm³/mol. The maximum absolute atomic E-state index is 13.4. The Morgan fingerprint density at radius 2 is 1.60 bits per heavy atom. The summed E-state index contributed by atoms with van der Waals surface area (Å²) in [7, 11) is 0. The Balaban J connectivity index is 1.14. The number of imidazole rings is 1. The summed E-state index contributed by atoms with van der Waals surface area (Å²) in [5, 5.41) is 17.4. The Hall–Kier alpha value is -7.40. The fourth-order valence-electron chi connectivity index (χ4n) is 6.73. The summed E-state index contributed by atoms with van der Waals surface area (Å²) in [6.07, 6.45) is 2.68. The Labute approximate surface area is 358 Å². The number of fused-ring (bicyclic) bond motifs is 3. The van der Waals surface area contributed by atoms with Crippen molar-refractivity contribution in [3.63, 3.8) is 0 Å². The average Bonchev–Trinajstić information content (AvgIpc) is 3.62. The second-order valence-corrected chi connectivity index (χ2v) is 15.0. The number of nitrogens with zero attached hydrogens (tertiary/aromatic N) is 6. The van der Waals surface area contributed by atoms with E-state index in [0.717, 1.165) is 52.6 Å². The van der Waals surface area contributed by atoms with Gasteiger partial charge in [-0.25, -0.2) is 19.6 Å². The van der Waals surface area contributed by atoms with E-state index in [9.17, 15) is 24.0 Å². The van der Waals surface area contributed by atoms with Crippen LogP contribution in [0.2, 0.25) is 0 Å². The van der Waals surface area contributed by atoms with Crippen LogP contribution in [0.3, 0.4) is 0 Å². The fourth-order valence-corrected chi connectivity index (χ4v) is 6.73. The highest BCUT2D eigenvalue weighted by Crippen LogP contribution is 2.30. The number of nitrogens with two attached hydrogens (primary N) is 2. The number of pyridine rings is 1. The molecular formula is C43H53N13O6. The number of aryl methyl sites for hydroxylation is 1. The number of ether oxygens (including phenoxy) is 1. The largest absolute Gasteiger partial charge is 0.445 e. The molecule has 9 N–H and O–H groups in total. The van der Waals surface area contributed by atoms with Crippen LogP contribution in [0.1, 0.15) is 69.0 Å². The third kappa shape index (κ3) is 12.8. The standard InChI is InChI=1S/C43H53N13O6/c1-4-5-12-34-53-37-38(31-9-6-7-10-32(31)51-39(37)44)56(34)24-28-15-13-27(14-16-28)22-48-43(61)62-25-29-17-19-30(20-18-29)50-40(58)33(11-8-21-47-42(45)60)52-41(59)36(26(2)3)54-35(57)23-49-55-46/h6-7,9-10,13-20,26,33,36H,4-5,8,11-12,21-25H2,1-3H3,(H2,44,51)(H,48,61)(H,50,58)(H,52,59)(H,54,57)(H3,45,47,60)/t33-,36-/m0/s1. The van der Waals surface area contributed by atoms with Gasteiger partial charge in [-0.2, -0.15) is 0 Å². The molecule has 0 bridgehead atoms. The average molecular weight is 848 g/mol.